The van der Waals surface area contributed by atoms with Crippen molar-refractivity contribution < 1.29 is 9.18 Å². The van der Waals surface area contributed by atoms with Gasteiger partial charge in [0.25, 0.3) is 5.91 Å². The summed E-state index contributed by atoms with van der Waals surface area (Å²) in [5.41, 5.74) is 1.45. The second-order valence-corrected chi connectivity index (χ2v) is 7.54. The Morgan fingerprint density at radius 2 is 1.88 bits per heavy atom. The Bertz CT molecular complexity index is 784. The van der Waals surface area contributed by atoms with Crippen molar-refractivity contribution in [3.63, 3.8) is 0 Å². The van der Waals surface area contributed by atoms with E-state index in [1.807, 2.05) is 6.20 Å². The molecule has 1 aromatic carbocycles. The van der Waals surface area contributed by atoms with E-state index in [9.17, 15) is 9.18 Å². The number of halogens is 2. The van der Waals surface area contributed by atoms with E-state index in [0.717, 1.165) is 5.82 Å². The standard InChI is InChI=1S/C19H19BrFN3O/c20-15-4-5-16(17(21)11-15)19(25)24-9-7-23(8-10-24)18-6-3-14(12-22-18)13-1-2-13/h3-6,11-13H,1-2,7-10H2. The summed E-state index contributed by atoms with van der Waals surface area (Å²) in [6.07, 6.45) is 4.52. The highest BCUT2D eigenvalue weighted by atomic mass is 79.9. The highest BCUT2D eigenvalue weighted by molar-refractivity contribution is 9.10. The molecular weight excluding hydrogens is 385 g/mol. The largest absolute Gasteiger partial charge is 0.353 e. The average Bonchev–Trinajstić information content (AvgIpc) is 3.47. The Kier molecular flexibility index (Phi) is 4.46. The molecule has 0 bridgehead atoms. The van der Waals surface area contributed by atoms with Gasteiger partial charge in [0.05, 0.1) is 5.56 Å². The Morgan fingerprint density at radius 1 is 1.12 bits per heavy atom. The van der Waals surface area contributed by atoms with Crippen LogP contribution in [0.2, 0.25) is 0 Å². The number of aromatic nitrogens is 1. The van der Waals surface area contributed by atoms with Crippen LogP contribution in [0.3, 0.4) is 0 Å². The van der Waals surface area contributed by atoms with Crippen LogP contribution < -0.4 is 4.90 Å². The van der Waals surface area contributed by atoms with E-state index in [1.54, 1.807) is 11.0 Å². The van der Waals surface area contributed by atoms with Crippen LogP contribution in [0, 0.1) is 5.82 Å². The van der Waals surface area contributed by atoms with Crippen LogP contribution in [-0.4, -0.2) is 42.0 Å². The number of pyridine rings is 1. The summed E-state index contributed by atoms with van der Waals surface area (Å²) in [5, 5.41) is 0. The molecule has 0 unspecified atom stereocenters. The van der Waals surface area contributed by atoms with Crippen molar-refractivity contribution in [2.45, 2.75) is 18.8 Å². The monoisotopic (exact) mass is 403 g/mol. The van der Waals surface area contributed by atoms with E-state index in [4.69, 9.17) is 0 Å². The number of amides is 1. The van der Waals surface area contributed by atoms with Gasteiger partial charge in [0.15, 0.2) is 0 Å². The number of nitrogens with zero attached hydrogens (tertiary/aromatic N) is 3. The quantitative estimate of drug-likeness (QED) is 0.781. The van der Waals surface area contributed by atoms with Gasteiger partial charge in [-0.2, -0.15) is 0 Å². The van der Waals surface area contributed by atoms with Crippen molar-refractivity contribution in [1.29, 1.82) is 0 Å². The van der Waals surface area contributed by atoms with E-state index in [-0.39, 0.29) is 11.5 Å². The van der Waals surface area contributed by atoms with Crippen LogP contribution in [0.25, 0.3) is 0 Å². The molecule has 4 rings (SSSR count). The molecule has 2 fully saturated rings. The van der Waals surface area contributed by atoms with Gasteiger partial charge in [-0.05, 0) is 48.6 Å². The summed E-state index contributed by atoms with van der Waals surface area (Å²) in [6, 6.07) is 8.78. The molecule has 0 N–H and O–H groups in total. The number of rotatable bonds is 3. The van der Waals surface area contributed by atoms with Crippen LogP contribution in [0.5, 0.6) is 0 Å². The maximum absolute atomic E-state index is 14.0. The smallest absolute Gasteiger partial charge is 0.256 e. The number of hydrogen-bond donors (Lipinski definition) is 0. The predicted octanol–water partition coefficient (Wildman–Crippen LogP) is 3.82. The topological polar surface area (TPSA) is 36.4 Å². The highest BCUT2D eigenvalue weighted by Crippen LogP contribution is 2.39. The third-order valence-corrected chi connectivity index (χ3v) is 5.37. The molecule has 2 aliphatic rings. The Labute approximate surface area is 154 Å². The van der Waals surface area contributed by atoms with Gasteiger partial charge in [0.1, 0.15) is 11.6 Å². The molecule has 2 heterocycles. The molecule has 0 radical (unpaired) electrons. The van der Waals surface area contributed by atoms with E-state index < -0.39 is 5.82 Å². The lowest BCUT2D eigenvalue weighted by Crippen LogP contribution is -2.49. The van der Waals surface area contributed by atoms with Gasteiger partial charge >= 0.3 is 0 Å². The molecule has 6 heteroatoms. The van der Waals surface area contributed by atoms with E-state index in [0.29, 0.717) is 36.6 Å². The van der Waals surface area contributed by atoms with Crippen molar-refractivity contribution in [2.75, 3.05) is 31.1 Å². The van der Waals surface area contributed by atoms with Gasteiger partial charge in [0.2, 0.25) is 0 Å². The molecule has 4 nitrogen and oxygen atoms in total. The van der Waals surface area contributed by atoms with Crippen molar-refractivity contribution in [3.05, 3.63) is 57.9 Å². The fourth-order valence-corrected chi connectivity index (χ4v) is 3.55. The Morgan fingerprint density at radius 3 is 2.48 bits per heavy atom. The average molecular weight is 404 g/mol. The Balaban J connectivity index is 1.39. The zero-order valence-corrected chi connectivity index (χ0v) is 15.4. The van der Waals surface area contributed by atoms with Gasteiger partial charge in [0, 0.05) is 36.8 Å². The molecule has 1 aliphatic heterocycles. The maximum Gasteiger partial charge on any atom is 0.256 e. The summed E-state index contributed by atoms with van der Waals surface area (Å²) in [6.45, 7) is 2.56. The molecule has 1 aliphatic carbocycles. The summed E-state index contributed by atoms with van der Waals surface area (Å²) in [5.74, 6) is 0.920. The molecule has 1 saturated carbocycles. The molecule has 1 aromatic heterocycles. The molecule has 1 saturated heterocycles. The second kappa shape index (κ2) is 6.75. The molecule has 1 amide bonds. The lowest BCUT2D eigenvalue weighted by molar-refractivity contribution is 0.0742. The number of piperazine rings is 1. The van der Waals surface area contributed by atoms with E-state index in [2.05, 4.69) is 37.9 Å². The van der Waals surface area contributed by atoms with Gasteiger partial charge in [-0.15, -0.1) is 0 Å². The first-order valence-electron chi connectivity index (χ1n) is 8.57. The Hall–Kier alpha value is -1.95. The molecule has 130 valence electrons. The van der Waals surface area contributed by atoms with Crippen molar-refractivity contribution in [2.24, 2.45) is 0 Å². The van der Waals surface area contributed by atoms with Gasteiger partial charge in [-0.1, -0.05) is 22.0 Å². The zero-order chi connectivity index (χ0) is 17.4. The molecule has 0 atom stereocenters. The van der Waals surface area contributed by atoms with Crippen molar-refractivity contribution in [1.82, 2.24) is 9.88 Å². The van der Waals surface area contributed by atoms with Gasteiger partial charge in [-0.3, -0.25) is 4.79 Å². The summed E-state index contributed by atoms with van der Waals surface area (Å²) < 4.78 is 14.6. The highest BCUT2D eigenvalue weighted by Gasteiger charge is 2.26. The normalized spacial score (nSPS) is 17.7. The lowest BCUT2D eigenvalue weighted by atomic mass is 10.1. The number of benzene rings is 1. The van der Waals surface area contributed by atoms with Crippen molar-refractivity contribution >= 4 is 27.7 Å². The van der Waals surface area contributed by atoms with Gasteiger partial charge < -0.3 is 9.80 Å². The third-order valence-electron chi connectivity index (χ3n) is 4.87. The SMILES string of the molecule is O=C(c1ccc(Br)cc1F)N1CCN(c2ccc(C3CC3)cn2)CC1. The maximum atomic E-state index is 14.0. The first-order chi connectivity index (χ1) is 12.1. The summed E-state index contributed by atoms with van der Waals surface area (Å²) >= 11 is 3.21. The van der Waals surface area contributed by atoms with Crippen LogP contribution in [0.15, 0.2) is 41.0 Å². The minimum Gasteiger partial charge on any atom is -0.353 e. The van der Waals surface area contributed by atoms with Crippen LogP contribution in [0.1, 0.15) is 34.7 Å². The lowest BCUT2D eigenvalue weighted by Gasteiger charge is -2.35. The van der Waals surface area contributed by atoms with E-state index in [1.165, 1.54) is 30.5 Å². The van der Waals surface area contributed by atoms with Crippen molar-refractivity contribution in [3.8, 4) is 0 Å². The van der Waals surface area contributed by atoms with Crippen LogP contribution >= 0.6 is 15.9 Å². The van der Waals surface area contributed by atoms with Gasteiger partial charge in [-0.25, -0.2) is 9.37 Å². The third kappa shape index (κ3) is 3.54. The fourth-order valence-electron chi connectivity index (χ4n) is 3.21. The minimum atomic E-state index is -0.487. The fraction of sp³-hybridized carbons (Fsp3) is 0.368. The number of hydrogen-bond acceptors (Lipinski definition) is 3. The zero-order valence-electron chi connectivity index (χ0n) is 13.8. The predicted molar refractivity (Wildman–Crippen MR) is 98.4 cm³/mol. The second-order valence-electron chi connectivity index (χ2n) is 6.63. The van der Waals surface area contributed by atoms with Crippen LogP contribution in [0.4, 0.5) is 10.2 Å². The number of carbonyl (C=O) groups excluding carboxylic acids is 1. The number of anilines is 1. The minimum absolute atomic E-state index is 0.128. The molecular formula is C19H19BrFN3O. The van der Waals surface area contributed by atoms with E-state index >= 15 is 0 Å². The summed E-state index contributed by atoms with van der Waals surface area (Å²) in [7, 11) is 0. The first-order valence-corrected chi connectivity index (χ1v) is 9.36. The van der Waals surface area contributed by atoms with Crippen LogP contribution in [-0.2, 0) is 0 Å². The number of carbonyl (C=O) groups is 1. The summed E-state index contributed by atoms with van der Waals surface area (Å²) in [4.78, 5) is 21.0. The molecule has 2 aromatic rings. The molecule has 25 heavy (non-hydrogen) atoms. The molecule has 0 spiro atoms. The first kappa shape index (κ1) is 16.5.